The third kappa shape index (κ3) is 2.54. The predicted octanol–water partition coefficient (Wildman–Crippen LogP) is 2.16. The average molecular weight is 329 g/mol. The molecule has 126 valence electrons. The number of nitrogens with two attached hydrogens (primary N) is 1. The second-order valence-electron chi connectivity index (χ2n) is 5.66. The maximum atomic E-state index is 12.6. The van der Waals surface area contributed by atoms with Crippen molar-refractivity contribution in [3.8, 4) is 5.75 Å². The minimum absolute atomic E-state index is 0.0220. The number of allylic oxidation sites excluding steroid dienone is 2. The van der Waals surface area contributed by atoms with Crippen molar-refractivity contribution >= 4 is 11.8 Å². The Kier molecular flexibility index (Phi) is 4.29. The van der Waals surface area contributed by atoms with Gasteiger partial charge in [-0.2, -0.15) is 0 Å². The summed E-state index contributed by atoms with van der Waals surface area (Å²) in [7, 11) is 2.81. The second kappa shape index (κ2) is 6.39. The molecule has 0 unspecified atom stereocenters. The zero-order valence-electron chi connectivity index (χ0n) is 13.6. The maximum absolute atomic E-state index is 12.6. The molecule has 2 aliphatic rings. The Morgan fingerprint density at radius 3 is 2.71 bits per heavy atom. The number of ether oxygens (including phenoxy) is 3. The van der Waals surface area contributed by atoms with Gasteiger partial charge in [0.25, 0.3) is 0 Å². The van der Waals surface area contributed by atoms with Crippen LogP contribution >= 0.6 is 0 Å². The van der Waals surface area contributed by atoms with Crippen molar-refractivity contribution in [2.75, 3.05) is 14.2 Å². The summed E-state index contributed by atoms with van der Waals surface area (Å²) in [5, 5.41) is 0. The van der Waals surface area contributed by atoms with Crippen molar-refractivity contribution in [2.24, 2.45) is 5.73 Å². The lowest BCUT2D eigenvalue weighted by atomic mass is 9.77. The van der Waals surface area contributed by atoms with E-state index < -0.39 is 11.9 Å². The van der Waals surface area contributed by atoms with Crippen LogP contribution in [0, 0.1) is 0 Å². The topological polar surface area (TPSA) is 87.9 Å². The fourth-order valence-corrected chi connectivity index (χ4v) is 3.28. The van der Waals surface area contributed by atoms with Crippen LogP contribution in [0.4, 0.5) is 0 Å². The maximum Gasteiger partial charge on any atom is 0.340 e. The highest BCUT2D eigenvalue weighted by atomic mass is 16.5. The number of carbonyl (C=O) groups is 2. The van der Waals surface area contributed by atoms with Crippen molar-refractivity contribution in [3.05, 3.63) is 52.6 Å². The van der Waals surface area contributed by atoms with Crippen LogP contribution in [0.25, 0.3) is 0 Å². The van der Waals surface area contributed by atoms with E-state index in [0.29, 0.717) is 41.9 Å². The standard InChI is InChI=1S/C18H19NO5/c1-22-12-8-4-3-6-10(12)14-15-11(20)7-5-9-13(15)24-17(19)16(14)18(21)23-2/h3-4,6,8,14H,5,7,9,19H2,1-2H3/t14-/m0/s1. The highest BCUT2D eigenvalue weighted by Gasteiger charge is 2.42. The van der Waals surface area contributed by atoms with Gasteiger partial charge in [-0.3, -0.25) is 4.79 Å². The SMILES string of the molecule is COC(=O)C1=C(N)OC2=C(C(=O)CCC2)[C@@H]1c1ccccc1OC. The Hall–Kier alpha value is -2.76. The number of hydrogen-bond donors (Lipinski definition) is 1. The summed E-state index contributed by atoms with van der Waals surface area (Å²) in [4.78, 5) is 24.9. The molecule has 24 heavy (non-hydrogen) atoms. The van der Waals surface area contributed by atoms with Gasteiger partial charge in [0.1, 0.15) is 17.1 Å². The molecule has 0 spiro atoms. The van der Waals surface area contributed by atoms with Gasteiger partial charge in [-0.05, 0) is 12.5 Å². The van der Waals surface area contributed by atoms with Crippen molar-refractivity contribution in [1.29, 1.82) is 0 Å². The predicted molar refractivity (Wildman–Crippen MR) is 85.9 cm³/mol. The number of rotatable bonds is 3. The Morgan fingerprint density at radius 2 is 2.00 bits per heavy atom. The number of hydrogen-bond acceptors (Lipinski definition) is 6. The van der Waals surface area contributed by atoms with E-state index in [1.165, 1.54) is 7.11 Å². The van der Waals surface area contributed by atoms with Crippen molar-refractivity contribution < 1.29 is 23.8 Å². The molecule has 0 fully saturated rings. The molecule has 0 saturated carbocycles. The summed E-state index contributed by atoms with van der Waals surface area (Å²) >= 11 is 0. The number of ketones is 1. The number of benzene rings is 1. The monoisotopic (exact) mass is 329 g/mol. The normalized spacial score (nSPS) is 20.4. The van der Waals surface area contributed by atoms with Crippen molar-refractivity contribution in [3.63, 3.8) is 0 Å². The molecule has 6 heteroatoms. The van der Waals surface area contributed by atoms with E-state index in [1.807, 2.05) is 18.2 Å². The molecule has 1 atom stereocenters. The van der Waals surface area contributed by atoms with Crippen molar-refractivity contribution in [2.45, 2.75) is 25.2 Å². The Balaban J connectivity index is 2.24. The smallest absolute Gasteiger partial charge is 0.340 e. The third-order valence-electron chi connectivity index (χ3n) is 4.34. The van der Waals surface area contributed by atoms with E-state index in [2.05, 4.69) is 0 Å². The molecule has 0 amide bonds. The molecule has 0 bridgehead atoms. The Labute approximate surface area is 139 Å². The molecule has 6 nitrogen and oxygen atoms in total. The van der Waals surface area contributed by atoms with Gasteiger partial charge in [0.2, 0.25) is 5.88 Å². The molecule has 0 aromatic heterocycles. The molecule has 0 saturated heterocycles. The molecule has 1 aromatic rings. The largest absolute Gasteiger partial charge is 0.496 e. The van der Waals surface area contributed by atoms with Gasteiger partial charge in [0, 0.05) is 24.0 Å². The summed E-state index contributed by atoms with van der Waals surface area (Å²) < 4.78 is 15.9. The summed E-state index contributed by atoms with van der Waals surface area (Å²) in [6, 6.07) is 7.25. The number of para-hydroxylation sites is 1. The zero-order chi connectivity index (χ0) is 17.3. The van der Waals surface area contributed by atoms with Gasteiger partial charge in [-0.25, -0.2) is 4.79 Å². The highest BCUT2D eigenvalue weighted by molar-refractivity contribution is 6.03. The summed E-state index contributed by atoms with van der Waals surface area (Å²) in [5.74, 6) is -0.220. The van der Waals surface area contributed by atoms with E-state index in [1.54, 1.807) is 13.2 Å². The molecular formula is C18H19NO5. The molecular weight excluding hydrogens is 310 g/mol. The van der Waals surface area contributed by atoms with E-state index >= 15 is 0 Å². The first-order valence-corrected chi connectivity index (χ1v) is 7.73. The average Bonchev–Trinajstić information content (AvgIpc) is 2.60. The highest BCUT2D eigenvalue weighted by Crippen LogP contribution is 2.46. The first kappa shape index (κ1) is 16.1. The van der Waals surface area contributed by atoms with Gasteiger partial charge >= 0.3 is 5.97 Å². The molecule has 1 aliphatic carbocycles. The second-order valence-corrected chi connectivity index (χ2v) is 5.66. The first-order valence-electron chi connectivity index (χ1n) is 7.73. The molecule has 1 heterocycles. The van der Waals surface area contributed by atoms with Crippen LogP contribution in [-0.2, 0) is 19.1 Å². The van der Waals surface area contributed by atoms with Gasteiger partial charge in [0.15, 0.2) is 5.78 Å². The van der Waals surface area contributed by atoms with Gasteiger partial charge in [-0.15, -0.1) is 0 Å². The number of Topliss-reactive ketones (excluding diaryl/α,β-unsaturated/α-hetero) is 1. The van der Waals surface area contributed by atoms with Crippen LogP contribution in [0.5, 0.6) is 5.75 Å². The molecule has 2 N–H and O–H groups in total. The Morgan fingerprint density at radius 1 is 1.25 bits per heavy atom. The van der Waals surface area contributed by atoms with Crippen molar-refractivity contribution in [1.82, 2.24) is 0 Å². The Bertz CT molecular complexity index is 762. The van der Waals surface area contributed by atoms with E-state index in [-0.39, 0.29) is 17.2 Å². The zero-order valence-corrected chi connectivity index (χ0v) is 13.6. The van der Waals surface area contributed by atoms with Crippen LogP contribution in [0.15, 0.2) is 47.1 Å². The van der Waals surface area contributed by atoms with Gasteiger partial charge in [0.05, 0.1) is 20.1 Å². The van der Waals surface area contributed by atoms with Crippen LogP contribution in [0.3, 0.4) is 0 Å². The van der Waals surface area contributed by atoms with Gasteiger partial charge < -0.3 is 19.9 Å². The lowest BCUT2D eigenvalue weighted by Crippen LogP contribution is -2.31. The third-order valence-corrected chi connectivity index (χ3v) is 4.34. The molecule has 3 rings (SSSR count). The number of methoxy groups -OCH3 is 2. The van der Waals surface area contributed by atoms with E-state index in [4.69, 9.17) is 19.9 Å². The molecule has 1 aliphatic heterocycles. The minimum atomic E-state index is -0.648. The molecule has 1 aromatic carbocycles. The van der Waals surface area contributed by atoms with E-state index in [9.17, 15) is 9.59 Å². The van der Waals surface area contributed by atoms with Gasteiger partial charge in [-0.1, -0.05) is 18.2 Å². The summed E-state index contributed by atoms with van der Waals surface area (Å²) in [6.07, 6.45) is 1.74. The number of carbonyl (C=O) groups excluding carboxylic acids is 2. The van der Waals surface area contributed by atoms with E-state index in [0.717, 1.165) is 0 Å². The first-order chi connectivity index (χ1) is 11.6. The molecule has 0 radical (unpaired) electrons. The lowest BCUT2D eigenvalue weighted by Gasteiger charge is -2.32. The minimum Gasteiger partial charge on any atom is -0.496 e. The summed E-state index contributed by atoms with van der Waals surface area (Å²) in [5.41, 5.74) is 7.29. The van der Waals surface area contributed by atoms with Crippen LogP contribution in [-0.4, -0.2) is 26.0 Å². The fraction of sp³-hybridized carbons (Fsp3) is 0.333. The summed E-state index contributed by atoms with van der Waals surface area (Å²) in [6.45, 7) is 0. The van der Waals surface area contributed by atoms with Crippen LogP contribution < -0.4 is 10.5 Å². The lowest BCUT2D eigenvalue weighted by molar-refractivity contribution is -0.136. The fourth-order valence-electron chi connectivity index (χ4n) is 3.28. The number of esters is 1. The van der Waals surface area contributed by atoms with Crippen LogP contribution in [0.2, 0.25) is 0 Å². The van der Waals surface area contributed by atoms with Crippen LogP contribution in [0.1, 0.15) is 30.7 Å². The quantitative estimate of drug-likeness (QED) is 0.855.